The van der Waals surface area contributed by atoms with E-state index in [1.54, 1.807) is 0 Å². The molecule has 2 atom stereocenters. The summed E-state index contributed by atoms with van der Waals surface area (Å²) in [4.78, 5) is 7.12. The van der Waals surface area contributed by atoms with Crippen LogP contribution in [0.15, 0.2) is 29.3 Å². The van der Waals surface area contributed by atoms with E-state index in [0.717, 1.165) is 43.9 Å². The average molecular weight is 526 g/mol. The highest BCUT2D eigenvalue weighted by atomic mass is 127. The Morgan fingerprint density at radius 2 is 2.00 bits per heavy atom. The van der Waals surface area contributed by atoms with Gasteiger partial charge in [0.05, 0.1) is 24.8 Å². The van der Waals surface area contributed by atoms with Gasteiger partial charge in [0, 0.05) is 25.7 Å². The van der Waals surface area contributed by atoms with Crippen LogP contribution in [0.1, 0.15) is 30.9 Å². The van der Waals surface area contributed by atoms with Gasteiger partial charge in [-0.2, -0.15) is 13.2 Å². The van der Waals surface area contributed by atoms with Crippen LogP contribution in [-0.4, -0.2) is 62.3 Å². The molecule has 2 N–H and O–H groups in total. The molecule has 0 amide bonds. The third kappa shape index (κ3) is 7.29. The first-order chi connectivity index (χ1) is 13.5. The van der Waals surface area contributed by atoms with Gasteiger partial charge in [0.25, 0.3) is 0 Å². The number of ether oxygens (including phenoxy) is 1. The number of hydrogen-bond donors (Lipinski definition) is 2. The van der Waals surface area contributed by atoms with Gasteiger partial charge in [0.1, 0.15) is 0 Å². The van der Waals surface area contributed by atoms with Crippen LogP contribution in [0.25, 0.3) is 0 Å². The summed E-state index contributed by atoms with van der Waals surface area (Å²) in [5.74, 6) is 0.710. The van der Waals surface area contributed by atoms with Crippen LogP contribution in [0.5, 0.6) is 0 Å². The van der Waals surface area contributed by atoms with E-state index in [2.05, 4.69) is 20.5 Å². The fourth-order valence-corrected chi connectivity index (χ4v) is 3.72. The molecule has 0 radical (unpaired) electrons. The summed E-state index contributed by atoms with van der Waals surface area (Å²) >= 11 is 0. The lowest BCUT2D eigenvalue weighted by Gasteiger charge is -2.34. The predicted molar refractivity (Wildman–Crippen MR) is 119 cm³/mol. The van der Waals surface area contributed by atoms with Crippen LogP contribution in [0.4, 0.5) is 13.2 Å². The predicted octanol–water partition coefficient (Wildman–Crippen LogP) is 3.28. The van der Waals surface area contributed by atoms with E-state index in [4.69, 9.17) is 4.74 Å². The average Bonchev–Trinajstić information content (AvgIpc) is 3.13. The molecule has 9 heteroatoms. The second-order valence-electron chi connectivity index (χ2n) is 7.34. The van der Waals surface area contributed by atoms with Crippen molar-refractivity contribution in [2.24, 2.45) is 4.99 Å². The minimum Gasteiger partial charge on any atom is -0.373 e. The zero-order valence-corrected chi connectivity index (χ0v) is 19.0. The van der Waals surface area contributed by atoms with Gasteiger partial charge in [-0.15, -0.1) is 24.0 Å². The van der Waals surface area contributed by atoms with E-state index in [1.165, 1.54) is 25.0 Å². The largest absolute Gasteiger partial charge is 0.416 e. The molecule has 0 spiro atoms. The highest BCUT2D eigenvalue weighted by Crippen LogP contribution is 2.29. The summed E-state index contributed by atoms with van der Waals surface area (Å²) in [6.45, 7) is 6.80. The molecule has 29 heavy (non-hydrogen) atoms. The first kappa shape index (κ1) is 24.2. The normalized spacial score (nSPS) is 22.7. The second-order valence-corrected chi connectivity index (χ2v) is 7.34. The molecule has 0 aromatic heterocycles. The van der Waals surface area contributed by atoms with Gasteiger partial charge in [0.15, 0.2) is 5.96 Å². The van der Waals surface area contributed by atoms with Crippen LogP contribution in [0, 0.1) is 0 Å². The van der Waals surface area contributed by atoms with E-state index >= 15 is 0 Å². The molecule has 2 unspecified atom stereocenters. The molecule has 5 nitrogen and oxygen atoms in total. The van der Waals surface area contributed by atoms with Gasteiger partial charge in [-0.05, 0) is 50.4 Å². The molecule has 0 aliphatic carbocycles. The molecule has 2 aliphatic heterocycles. The lowest BCUT2D eigenvalue weighted by Crippen LogP contribution is -2.47. The number of aliphatic imine (C=N–C) groups is 1. The SMILES string of the molecule is CCNC(=NCC1CN2CCCC2CO1)NCCc1ccc(C(F)(F)F)cc1.I. The Morgan fingerprint density at radius 1 is 1.24 bits per heavy atom. The third-order valence-corrected chi connectivity index (χ3v) is 5.25. The van der Waals surface area contributed by atoms with E-state index < -0.39 is 11.7 Å². The van der Waals surface area contributed by atoms with Crippen molar-refractivity contribution in [2.45, 2.75) is 44.5 Å². The van der Waals surface area contributed by atoms with Crippen molar-refractivity contribution in [3.8, 4) is 0 Å². The van der Waals surface area contributed by atoms with Crippen molar-refractivity contribution < 1.29 is 17.9 Å². The Morgan fingerprint density at radius 3 is 2.69 bits per heavy atom. The molecule has 2 saturated heterocycles. The lowest BCUT2D eigenvalue weighted by atomic mass is 10.1. The summed E-state index contributed by atoms with van der Waals surface area (Å²) in [7, 11) is 0. The summed E-state index contributed by atoms with van der Waals surface area (Å²) in [5.41, 5.74) is 0.235. The molecule has 3 rings (SSSR count). The molecule has 0 saturated carbocycles. The van der Waals surface area contributed by atoms with Crippen molar-refractivity contribution in [3.05, 3.63) is 35.4 Å². The Bertz CT molecular complexity index is 654. The molecular weight excluding hydrogens is 496 g/mol. The molecule has 0 bridgehead atoms. The summed E-state index contributed by atoms with van der Waals surface area (Å²) in [5, 5.41) is 6.45. The zero-order chi connectivity index (χ0) is 20.0. The van der Waals surface area contributed by atoms with E-state index in [1.807, 2.05) is 6.92 Å². The number of nitrogens with zero attached hydrogens (tertiary/aromatic N) is 2. The first-order valence-corrected chi connectivity index (χ1v) is 9.99. The van der Waals surface area contributed by atoms with Gasteiger partial charge in [0.2, 0.25) is 0 Å². The highest BCUT2D eigenvalue weighted by molar-refractivity contribution is 14.0. The van der Waals surface area contributed by atoms with Crippen molar-refractivity contribution in [1.29, 1.82) is 0 Å². The topological polar surface area (TPSA) is 48.9 Å². The Balaban J connectivity index is 0.00000300. The fraction of sp³-hybridized carbons (Fsp3) is 0.650. The number of fused-ring (bicyclic) bond motifs is 1. The van der Waals surface area contributed by atoms with Crippen molar-refractivity contribution in [2.75, 3.05) is 39.3 Å². The molecular formula is C20H30F3IN4O. The van der Waals surface area contributed by atoms with Crippen LogP contribution in [-0.2, 0) is 17.3 Å². The van der Waals surface area contributed by atoms with Crippen molar-refractivity contribution >= 4 is 29.9 Å². The van der Waals surface area contributed by atoms with Gasteiger partial charge < -0.3 is 15.4 Å². The Labute approximate surface area is 187 Å². The van der Waals surface area contributed by atoms with Gasteiger partial charge >= 0.3 is 6.18 Å². The maximum absolute atomic E-state index is 12.6. The number of morpholine rings is 1. The molecule has 164 valence electrons. The quantitative estimate of drug-likeness (QED) is 0.340. The van der Waals surface area contributed by atoms with Gasteiger partial charge in [-0.3, -0.25) is 9.89 Å². The minimum atomic E-state index is -4.29. The molecule has 2 heterocycles. The standard InChI is InChI=1S/C20H29F3N4O.HI/c1-2-24-19(26-12-18-13-27-11-3-4-17(27)14-28-18)25-10-9-15-5-7-16(8-6-15)20(21,22)23;/h5-8,17-18H,2-4,9-14H2,1H3,(H2,24,25,26);1H. The first-order valence-electron chi connectivity index (χ1n) is 9.99. The van der Waals surface area contributed by atoms with Crippen LogP contribution < -0.4 is 10.6 Å². The number of guanidine groups is 1. The van der Waals surface area contributed by atoms with Crippen LogP contribution >= 0.6 is 24.0 Å². The van der Waals surface area contributed by atoms with Crippen LogP contribution in [0.3, 0.4) is 0 Å². The highest BCUT2D eigenvalue weighted by Gasteiger charge is 2.32. The minimum absolute atomic E-state index is 0. The Hall–Kier alpha value is -1.07. The van der Waals surface area contributed by atoms with Gasteiger partial charge in [-0.1, -0.05) is 12.1 Å². The number of nitrogens with one attached hydrogen (secondary N) is 2. The number of halogens is 4. The van der Waals surface area contributed by atoms with Gasteiger partial charge in [-0.25, -0.2) is 0 Å². The van der Waals surface area contributed by atoms with Crippen molar-refractivity contribution in [3.63, 3.8) is 0 Å². The third-order valence-electron chi connectivity index (χ3n) is 5.25. The molecule has 2 aliphatic rings. The monoisotopic (exact) mass is 526 g/mol. The summed E-state index contributed by atoms with van der Waals surface area (Å²) in [6.07, 6.45) is -1.09. The fourth-order valence-electron chi connectivity index (χ4n) is 3.72. The number of alkyl halides is 3. The second kappa shape index (κ2) is 11.4. The molecule has 2 fully saturated rings. The maximum atomic E-state index is 12.6. The van der Waals surface area contributed by atoms with E-state index in [9.17, 15) is 13.2 Å². The zero-order valence-electron chi connectivity index (χ0n) is 16.7. The number of benzene rings is 1. The Kier molecular flexibility index (Phi) is 9.48. The molecule has 1 aromatic carbocycles. The van der Waals surface area contributed by atoms with E-state index in [-0.39, 0.29) is 30.1 Å². The van der Waals surface area contributed by atoms with Crippen molar-refractivity contribution in [1.82, 2.24) is 15.5 Å². The molecule has 1 aromatic rings. The van der Waals surface area contributed by atoms with E-state index in [0.29, 0.717) is 31.5 Å². The van der Waals surface area contributed by atoms with Crippen LogP contribution in [0.2, 0.25) is 0 Å². The summed E-state index contributed by atoms with van der Waals surface area (Å²) in [6, 6.07) is 5.88. The maximum Gasteiger partial charge on any atom is 0.416 e. The number of hydrogen-bond acceptors (Lipinski definition) is 3. The lowest BCUT2D eigenvalue weighted by molar-refractivity contribution is -0.137. The number of rotatable bonds is 6. The summed E-state index contributed by atoms with van der Waals surface area (Å²) < 4.78 is 43.8. The smallest absolute Gasteiger partial charge is 0.373 e.